The van der Waals surface area contributed by atoms with Crippen molar-refractivity contribution in [3.63, 3.8) is 0 Å². The van der Waals surface area contributed by atoms with E-state index in [1.165, 1.54) is 0 Å². The summed E-state index contributed by atoms with van der Waals surface area (Å²) in [6.45, 7) is 12.1. The average Bonchev–Trinajstić information content (AvgIpc) is 2.81. The number of ether oxygens (including phenoxy) is 1. The minimum Gasteiger partial charge on any atom is -0.489 e. The Labute approximate surface area is 212 Å². The summed E-state index contributed by atoms with van der Waals surface area (Å²) in [4.78, 5) is 19.8. The number of piperazine rings is 1. The van der Waals surface area contributed by atoms with Crippen LogP contribution in [0.5, 0.6) is 5.75 Å². The van der Waals surface area contributed by atoms with E-state index in [1.807, 2.05) is 12.1 Å². The first-order chi connectivity index (χ1) is 15.6. The Hall–Kier alpha value is -2.53. The van der Waals surface area contributed by atoms with Gasteiger partial charge in [-0.05, 0) is 24.3 Å². The number of nitrogens with zero attached hydrogens (tertiary/aromatic N) is 3. The van der Waals surface area contributed by atoms with Gasteiger partial charge in [-0.1, -0.05) is 39.3 Å². The Bertz CT molecular complexity index is 1060. The third kappa shape index (κ3) is 4.81. The van der Waals surface area contributed by atoms with Gasteiger partial charge in [-0.3, -0.25) is 4.79 Å². The number of nitriles is 1. The van der Waals surface area contributed by atoms with Crippen LogP contribution in [0.1, 0.15) is 43.6 Å². The van der Waals surface area contributed by atoms with Crippen molar-refractivity contribution in [1.29, 1.82) is 5.26 Å². The maximum atomic E-state index is 13.0. The Morgan fingerprint density at radius 2 is 1.88 bits per heavy atom. The van der Waals surface area contributed by atoms with Crippen molar-refractivity contribution in [2.45, 2.75) is 39.8 Å². The second-order valence-electron chi connectivity index (χ2n) is 9.94. The van der Waals surface area contributed by atoms with Crippen molar-refractivity contribution in [2.75, 3.05) is 31.1 Å². The molecule has 2 N–H and O–H groups in total. The molecule has 1 aromatic heterocycles. The zero-order valence-electron chi connectivity index (χ0n) is 19.9. The predicted octanol–water partition coefficient (Wildman–Crippen LogP) is 4.05. The van der Waals surface area contributed by atoms with Gasteiger partial charge in [0.1, 0.15) is 23.7 Å². The number of rotatable bonds is 5. The summed E-state index contributed by atoms with van der Waals surface area (Å²) in [5, 5.41) is 16.0. The smallest absolute Gasteiger partial charge is 0.253 e. The molecule has 1 saturated heterocycles. The van der Waals surface area contributed by atoms with E-state index >= 15 is 0 Å². The lowest BCUT2D eigenvalue weighted by molar-refractivity contribution is -0.164. The summed E-state index contributed by atoms with van der Waals surface area (Å²) >= 11 is 6.17. The van der Waals surface area contributed by atoms with E-state index < -0.39 is 0 Å². The van der Waals surface area contributed by atoms with Crippen LogP contribution in [-0.2, 0) is 0 Å². The molecule has 2 aliphatic rings. The number of nitrogens with one attached hydrogen (secondary N) is 2. The maximum absolute atomic E-state index is 13.0. The summed E-state index contributed by atoms with van der Waals surface area (Å²) in [6.07, 6.45) is 1.51. The molecule has 1 aromatic carbocycles. The number of anilines is 1. The molecular weight excluding hydrogens is 473 g/mol. The van der Waals surface area contributed by atoms with Gasteiger partial charge >= 0.3 is 0 Å². The number of amides is 1. The Morgan fingerprint density at radius 1 is 1.21 bits per heavy atom. The second-order valence-corrected chi connectivity index (χ2v) is 10.3. The topological polar surface area (TPSA) is 90.3 Å². The molecule has 0 atom stereocenters. The monoisotopic (exact) mass is 503 g/mol. The third-order valence-electron chi connectivity index (χ3n) is 6.88. The molecule has 2 heterocycles. The van der Waals surface area contributed by atoms with Gasteiger partial charge in [0.15, 0.2) is 0 Å². The highest BCUT2D eigenvalue weighted by Crippen LogP contribution is 2.55. The van der Waals surface area contributed by atoms with Gasteiger partial charge in [-0.15, -0.1) is 12.4 Å². The number of carbonyl (C=O) groups excluding carboxylic acids is 1. The van der Waals surface area contributed by atoms with Crippen LogP contribution in [0.4, 0.5) is 5.82 Å². The number of hydrogen-bond donors (Lipinski definition) is 2. The maximum Gasteiger partial charge on any atom is 0.253 e. The first-order valence-electron chi connectivity index (χ1n) is 11.2. The lowest BCUT2D eigenvalue weighted by atomic mass is 9.49. The van der Waals surface area contributed by atoms with Crippen LogP contribution in [0.3, 0.4) is 0 Å². The minimum absolute atomic E-state index is 0. The summed E-state index contributed by atoms with van der Waals surface area (Å²) in [5.41, 5.74) is 0.336. The fraction of sp³-hybridized carbons (Fsp3) is 0.480. The first-order valence-corrected chi connectivity index (χ1v) is 11.6. The van der Waals surface area contributed by atoms with Gasteiger partial charge in [0.25, 0.3) is 5.91 Å². The molecule has 1 aliphatic carbocycles. The first kappa shape index (κ1) is 26.1. The van der Waals surface area contributed by atoms with E-state index in [-0.39, 0.29) is 41.3 Å². The molecule has 1 aliphatic heterocycles. The van der Waals surface area contributed by atoms with Crippen LogP contribution in [-0.4, -0.2) is 49.2 Å². The molecule has 0 unspecified atom stereocenters. The molecule has 182 valence electrons. The largest absolute Gasteiger partial charge is 0.489 e. The third-order valence-corrected chi connectivity index (χ3v) is 7.19. The van der Waals surface area contributed by atoms with Crippen LogP contribution in [0.25, 0.3) is 0 Å². The quantitative estimate of drug-likeness (QED) is 0.639. The fourth-order valence-electron chi connectivity index (χ4n) is 5.41. The number of aromatic nitrogens is 1. The van der Waals surface area contributed by atoms with Crippen LogP contribution in [0.15, 0.2) is 36.5 Å². The van der Waals surface area contributed by atoms with Gasteiger partial charge < -0.3 is 20.3 Å². The molecule has 0 radical (unpaired) electrons. The summed E-state index contributed by atoms with van der Waals surface area (Å²) in [6, 6.07) is 10.8. The van der Waals surface area contributed by atoms with Gasteiger partial charge in [0.05, 0.1) is 16.1 Å². The Balaban J connectivity index is 0.00000324. The standard InChI is InChI=1S/C25H30ClN5O2.ClH/c1-24(2)22(25(3,4)23(24)33-18-7-5-16(14-27)19(26)13-18)30-21(32)17-6-8-20(29-15-17)31-11-9-28-10-12-31;/h5-8,13,15,22-23,28H,9-12H2,1-4H3,(H,30,32);1H/t22-,23-;. The molecule has 0 bridgehead atoms. The summed E-state index contributed by atoms with van der Waals surface area (Å²) in [7, 11) is 0. The minimum atomic E-state index is -0.312. The summed E-state index contributed by atoms with van der Waals surface area (Å²) < 4.78 is 6.29. The lowest BCUT2D eigenvalue weighted by Gasteiger charge is -2.63. The van der Waals surface area contributed by atoms with E-state index in [2.05, 4.69) is 54.3 Å². The van der Waals surface area contributed by atoms with Gasteiger partial charge in [-0.2, -0.15) is 5.26 Å². The highest BCUT2D eigenvalue weighted by molar-refractivity contribution is 6.31. The SMILES string of the molecule is CC1(C)[C@H](NC(=O)c2ccc(N3CCNCC3)nc2)C(C)(C)[C@H]1Oc1ccc(C#N)c(Cl)c1.Cl. The number of pyridine rings is 1. The van der Waals surface area contributed by atoms with E-state index in [9.17, 15) is 4.79 Å². The number of benzene rings is 1. The van der Waals surface area contributed by atoms with Crippen molar-refractivity contribution < 1.29 is 9.53 Å². The molecule has 7 nitrogen and oxygen atoms in total. The average molecular weight is 504 g/mol. The van der Waals surface area contributed by atoms with E-state index in [4.69, 9.17) is 21.6 Å². The van der Waals surface area contributed by atoms with Gasteiger partial charge in [0.2, 0.25) is 0 Å². The van der Waals surface area contributed by atoms with E-state index in [1.54, 1.807) is 24.4 Å². The predicted molar refractivity (Wildman–Crippen MR) is 136 cm³/mol. The number of halogens is 2. The van der Waals surface area contributed by atoms with Crippen molar-refractivity contribution in [2.24, 2.45) is 10.8 Å². The van der Waals surface area contributed by atoms with Crippen LogP contribution in [0.2, 0.25) is 5.02 Å². The van der Waals surface area contributed by atoms with E-state index in [0.717, 1.165) is 32.0 Å². The van der Waals surface area contributed by atoms with Gasteiger partial charge in [-0.25, -0.2) is 4.98 Å². The molecule has 2 fully saturated rings. The number of hydrogen-bond acceptors (Lipinski definition) is 6. The molecule has 0 spiro atoms. The Kier molecular flexibility index (Phi) is 7.66. The summed E-state index contributed by atoms with van der Waals surface area (Å²) in [5.74, 6) is 1.37. The zero-order chi connectivity index (χ0) is 23.8. The molecule has 1 saturated carbocycles. The molecule has 1 amide bonds. The normalized spacial score (nSPS) is 22.5. The molecule has 2 aromatic rings. The van der Waals surface area contributed by atoms with Crippen LogP contribution < -0.4 is 20.3 Å². The molecular formula is C25H31Cl2N5O2. The van der Waals surface area contributed by atoms with Crippen molar-refractivity contribution in [1.82, 2.24) is 15.6 Å². The Morgan fingerprint density at radius 3 is 2.44 bits per heavy atom. The van der Waals surface area contributed by atoms with Crippen LogP contribution in [0, 0.1) is 22.2 Å². The molecule has 9 heteroatoms. The lowest BCUT2D eigenvalue weighted by Crippen LogP contribution is -2.74. The fourth-order valence-corrected chi connectivity index (χ4v) is 5.62. The highest BCUT2D eigenvalue weighted by Gasteiger charge is 2.64. The molecule has 4 rings (SSSR count). The zero-order valence-corrected chi connectivity index (χ0v) is 21.5. The van der Waals surface area contributed by atoms with Crippen molar-refractivity contribution in [3.8, 4) is 11.8 Å². The highest BCUT2D eigenvalue weighted by atomic mass is 35.5. The number of carbonyl (C=O) groups is 1. The van der Waals surface area contributed by atoms with Gasteiger partial charge in [0, 0.05) is 55.3 Å². The van der Waals surface area contributed by atoms with Crippen molar-refractivity contribution >= 4 is 35.7 Å². The second kappa shape index (κ2) is 9.99. The van der Waals surface area contributed by atoms with Crippen LogP contribution >= 0.6 is 24.0 Å². The van der Waals surface area contributed by atoms with E-state index in [0.29, 0.717) is 21.9 Å². The van der Waals surface area contributed by atoms with Crippen molar-refractivity contribution in [3.05, 3.63) is 52.7 Å². The molecule has 34 heavy (non-hydrogen) atoms.